The van der Waals surface area contributed by atoms with Crippen LogP contribution in [0, 0.1) is 13.8 Å². The van der Waals surface area contributed by atoms with Crippen LogP contribution in [0.25, 0.3) is 0 Å². The number of hydrogen-bond acceptors (Lipinski definition) is 3. The van der Waals surface area contributed by atoms with E-state index in [1.807, 2.05) is 29.7 Å². The molecule has 1 saturated heterocycles. The summed E-state index contributed by atoms with van der Waals surface area (Å²) in [5.74, 6) is 0.876. The second kappa shape index (κ2) is 7.29. The lowest BCUT2D eigenvalue weighted by molar-refractivity contribution is 0.145. The largest absolute Gasteiger partial charge is 0.347 e. The van der Waals surface area contributed by atoms with Gasteiger partial charge in [-0.15, -0.1) is 0 Å². The van der Waals surface area contributed by atoms with Crippen molar-refractivity contribution in [1.82, 2.24) is 30.0 Å². The minimum atomic E-state index is -0.00667. The molecule has 2 aromatic rings. The molecule has 0 saturated carbocycles. The van der Waals surface area contributed by atoms with Crippen LogP contribution in [0.4, 0.5) is 4.79 Å². The number of urea groups is 1. The van der Waals surface area contributed by atoms with Gasteiger partial charge in [-0.3, -0.25) is 4.68 Å². The summed E-state index contributed by atoms with van der Waals surface area (Å²) in [4.78, 5) is 22.3. The third-order valence-corrected chi connectivity index (χ3v) is 5.14. The van der Waals surface area contributed by atoms with E-state index in [9.17, 15) is 4.79 Å². The number of carbonyl (C=O) groups is 1. The minimum absolute atomic E-state index is 0.00667. The Morgan fingerprint density at radius 2 is 2.24 bits per heavy atom. The van der Waals surface area contributed by atoms with Crippen molar-refractivity contribution < 1.29 is 4.79 Å². The molecule has 2 unspecified atom stereocenters. The summed E-state index contributed by atoms with van der Waals surface area (Å²) in [7, 11) is 1.96. The monoisotopic (exact) mass is 344 g/mol. The Labute approximate surface area is 148 Å². The Morgan fingerprint density at radius 3 is 2.88 bits per heavy atom. The van der Waals surface area contributed by atoms with Crippen LogP contribution >= 0.6 is 0 Å². The van der Waals surface area contributed by atoms with E-state index in [-0.39, 0.29) is 18.1 Å². The highest BCUT2D eigenvalue weighted by atomic mass is 16.2. The molecule has 0 aliphatic carbocycles. The molecule has 0 radical (unpaired) electrons. The molecule has 2 N–H and O–H groups in total. The van der Waals surface area contributed by atoms with Crippen molar-refractivity contribution in [2.45, 2.75) is 58.5 Å². The fraction of sp³-hybridized carbons (Fsp3) is 0.611. The Balaban J connectivity index is 1.66. The first-order valence-electron chi connectivity index (χ1n) is 9.03. The summed E-state index contributed by atoms with van der Waals surface area (Å²) in [6.07, 6.45) is 7.47. The Morgan fingerprint density at radius 1 is 1.44 bits per heavy atom. The molecular weight excluding hydrogens is 316 g/mol. The molecule has 0 bridgehead atoms. The maximum atomic E-state index is 12.8. The van der Waals surface area contributed by atoms with Crippen molar-refractivity contribution in [2.75, 3.05) is 6.54 Å². The van der Waals surface area contributed by atoms with Gasteiger partial charge in [0.15, 0.2) is 0 Å². The van der Waals surface area contributed by atoms with Gasteiger partial charge in [0.2, 0.25) is 0 Å². The van der Waals surface area contributed by atoms with E-state index in [2.05, 4.69) is 34.2 Å². The number of likely N-dealkylation sites (tertiary alicyclic amines) is 1. The van der Waals surface area contributed by atoms with E-state index >= 15 is 0 Å². The normalized spacial score (nSPS) is 19.0. The molecule has 0 aromatic carbocycles. The van der Waals surface area contributed by atoms with Crippen molar-refractivity contribution in [3.05, 3.63) is 35.2 Å². The van der Waals surface area contributed by atoms with Gasteiger partial charge in [-0.1, -0.05) is 0 Å². The maximum absolute atomic E-state index is 12.8. The van der Waals surface area contributed by atoms with E-state index in [1.54, 1.807) is 6.20 Å². The molecule has 7 heteroatoms. The number of aryl methyl sites for hydroxylation is 2. The van der Waals surface area contributed by atoms with Gasteiger partial charge in [0.25, 0.3) is 0 Å². The zero-order valence-corrected chi connectivity index (χ0v) is 15.5. The number of aromatic nitrogens is 4. The number of carbonyl (C=O) groups excluding carboxylic acids is 1. The van der Waals surface area contributed by atoms with Crippen LogP contribution in [0.2, 0.25) is 0 Å². The van der Waals surface area contributed by atoms with E-state index < -0.39 is 0 Å². The van der Waals surface area contributed by atoms with Gasteiger partial charge in [0.1, 0.15) is 5.82 Å². The Kier molecular flexibility index (Phi) is 5.11. The first kappa shape index (κ1) is 17.5. The van der Waals surface area contributed by atoms with E-state index in [4.69, 9.17) is 0 Å². The van der Waals surface area contributed by atoms with Crippen LogP contribution in [-0.2, 0) is 13.5 Å². The predicted molar refractivity (Wildman–Crippen MR) is 96.3 cm³/mol. The number of hydrogen-bond donors (Lipinski definition) is 2. The number of rotatable bonds is 4. The molecule has 2 aromatic heterocycles. The number of piperidine rings is 1. The minimum Gasteiger partial charge on any atom is -0.347 e. The molecule has 7 nitrogen and oxygen atoms in total. The Hall–Kier alpha value is -2.31. The summed E-state index contributed by atoms with van der Waals surface area (Å²) >= 11 is 0. The second-order valence-corrected chi connectivity index (χ2v) is 7.01. The first-order chi connectivity index (χ1) is 12.0. The molecule has 2 atom stereocenters. The van der Waals surface area contributed by atoms with Gasteiger partial charge < -0.3 is 15.2 Å². The fourth-order valence-electron chi connectivity index (χ4n) is 3.68. The average Bonchev–Trinajstić information content (AvgIpc) is 3.20. The lowest BCUT2D eigenvalue weighted by Crippen LogP contribution is -2.48. The van der Waals surface area contributed by atoms with Crippen molar-refractivity contribution >= 4 is 6.03 Å². The number of aromatic amines is 1. The van der Waals surface area contributed by atoms with Gasteiger partial charge in [-0.2, -0.15) is 5.10 Å². The van der Waals surface area contributed by atoms with Gasteiger partial charge >= 0.3 is 6.03 Å². The number of H-pyrrole nitrogens is 1. The molecule has 25 heavy (non-hydrogen) atoms. The van der Waals surface area contributed by atoms with Crippen LogP contribution < -0.4 is 5.32 Å². The lowest BCUT2D eigenvalue weighted by atomic mass is 10.0. The third-order valence-electron chi connectivity index (χ3n) is 5.14. The van der Waals surface area contributed by atoms with Crippen LogP contribution in [0.5, 0.6) is 0 Å². The molecule has 3 rings (SSSR count). The van der Waals surface area contributed by atoms with Gasteiger partial charge in [-0.05, 0) is 52.0 Å². The van der Waals surface area contributed by atoms with Crippen molar-refractivity contribution in [3.8, 4) is 0 Å². The first-order valence-corrected chi connectivity index (χ1v) is 9.03. The summed E-state index contributed by atoms with van der Waals surface area (Å²) in [6.45, 7) is 6.92. The van der Waals surface area contributed by atoms with E-state index in [0.29, 0.717) is 0 Å². The van der Waals surface area contributed by atoms with Crippen molar-refractivity contribution in [2.24, 2.45) is 7.05 Å². The highest BCUT2D eigenvalue weighted by Gasteiger charge is 2.30. The number of nitrogens with zero attached hydrogens (tertiary/aromatic N) is 4. The highest BCUT2D eigenvalue weighted by molar-refractivity contribution is 5.75. The number of nitrogens with one attached hydrogen (secondary N) is 2. The summed E-state index contributed by atoms with van der Waals surface area (Å²) < 4.78 is 1.90. The summed E-state index contributed by atoms with van der Waals surface area (Å²) in [5.41, 5.74) is 3.41. The van der Waals surface area contributed by atoms with Crippen LogP contribution in [0.15, 0.2) is 12.4 Å². The average molecular weight is 344 g/mol. The zero-order chi connectivity index (χ0) is 18.0. The predicted octanol–water partition coefficient (Wildman–Crippen LogP) is 2.63. The molecule has 3 heterocycles. The van der Waals surface area contributed by atoms with Gasteiger partial charge in [0.05, 0.1) is 11.7 Å². The van der Waals surface area contributed by atoms with Gasteiger partial charge in [0, 0.05) is 37.7 Å². The molecule has 1 fully saturated rings. The number of imidazole rings is 1. The topological polar surface area (TPSA) is 78.8 Å². The lowest BCUT2D eigenvalue weighted by Gasteiger charge is -2.35. The van der Waals surface area contributed by atoms with Crippen LogP contribution in [-0.4, -0.2) is 43.3 Å². The summed E-state index contributed by atoms with van der Waals surface area (Å²) in [5, 5.41) is 7.62. The van der Waals surface area contributed by atoms with Gasteiger partial charge in [-0.25, -0.2) is 9.78 Å². The second-order valence-electron chi connectivity index (χ2n) is 7.01. The quantitative estimate of drug-likeness (QED) is 0.895. The van der Waals surface area contributed by atoms with Crippen LogP contribution in [0.3, 0.4) is 0 Å². The zero-order valence-electron chi connectivity index (χ0n) is 15.5. The molecular formula is C18H28N6O. The smallest absolute Gasteiger partial charge is 0.318 e. The highest BCUT2D eigenvalue weighted by Crippen LogP contribution is 2.28. The maximum Gasteiger partial charge on any atom is 0.318 e. The molecule has 0 spiro atoms. The fourth-order valence-corrected chi connectivity index (χ4v) is 3.68. The SMILES string of the molecule is Cc1nn(C)c(C)c1CC(C)NC(=O)N1CCCCC1c1ncc[nH]1. The molecule has 1 aliphatic heterocycles. The van der Waals surface area contributed by atoms with Crippen LogP contribution in [0.1, 0.15) is 55.0 Å². The molecule has 2 amide bonds. The van der Waals surface area contributed by atoms with E-state index in [1.165, 1.54) is 5.56 Å². The van der Waals surface area contributed by atoms with Crippen molar-refractivity contribution in [1.29, 1.82) is 0 Å². The van der Waals surface area contributed by atoms with Crippen molar-refractivity contribution in [3.63, 3.8) is 0 Å². The van der Waals surface area contributed by atoms with E-state index in [0.717, 1.165) is 49.4 Å². The standard InChI is InChI=1S/C18H28N6O/c1-12(11-15-13(2)22-23(4)14(15)3)21-18(25)24-10-6-5-7-16(24)17-19-8-9-20-17/h8-9,12,16H,5-7,10-11H2,1-4H3,(H,19,20)(H,21,25). The molecule has 136 valence electrons. The molecule has 1 aliphatic rings. The summed E-state index contributed by atoms with van der Waals surface area (Å²) in [6, 6.07) is 0.0823. The third kappa shape index (κ3) is 3.70. The Bertz CT molecular complexity index is 720. The number of amides is 2.